The zero-order valence-corrected chi connectivity index (χ0v) is 9.92. The van der Waals surface area contributed by atoms with E-state index in [1.807, 2.05) is 12.1 Å². The standard InChI is InChI=1S/C13H12N4O/c1-17(13(18)12-5-6-15-16-12)9-11-4-2-3-10(7-11)8-14/h2-7H,9H2,1H3,(H,15,16). The Labute approximate surface area is 105 Å². The molecule has 2 rings (SSSR count). The van der Waals surface area contributed by atoms with Crippen molar-refractivity contribution in [1.29, 1.82) is 5.26 Å². The summed E-state index contributed by atoms with van der Waals surface area (Å²) in [5.74, 6) is -0.130. The molecule has 5 nitrogen and oxygen atoms in total. The summed E-state index contributed by atoms with van der Waals surface area (Å²) in [5, 5.41) is 15.2. The summed E-state index contributed by atoms with van der Waals surface area (Å²) in [6.07, 6.45) is 1.54. The number of rotatable bonds is 3. The van der Waals surface area contributed by atoms with Crippen molar-refractivity contribution in [2.45, 2.75) is 6.54 Å². The van der Waals surface area contributed by atoms with Crippen LogP contribution in [0.4, 0.5) is 0 Å². The fourth-order valence-electron chi connectivity index (χ4n) is 1.67. The Kier molecular flexibility index (Phi) is 3.39. The zero-order valence-electron chi connectivity index (χ0n) is 9.92. The Morgan fingerprint density at radius 3 is 3.00 bits per heavy atom. The average Bonchev–Trinajstić information content (AvgIpc) is 2.92. The quantitative estimate of drug-likeness (QED) is 0.884. The van der Waals surface area contributed by atoms with Crippen LogP contribution in [-0.2, 0) is 6.54 Å². The third-order valence-corrected chi connectivity index (χ3v) is 2.55. The maximum absolute atomic E-state index is 12.0. The van der Waals surface area contributed by atoms with Crippen LogP contribution in [0, 0.1) is 11.3 Å². The molecule has 0 saturated carbocycles. The molecular formula is C13H12N4O. The fraction of sp³-hybridized carbons (Fsp3) is 0.154. The van der Waals surface area contributed by atoms with Gasteiger partial charge in [0.15, 0.2) is 0 Å². The van der Waals surface area contributed by atoms with Crippen LogP contribution in [0.1, 0.15) is 21.6 Å². The summed E-state index contributed by atoms with van der Waals surface area (Å²) in [6, 6.07) is 10.9. The van der Waals surface area contributed by atoms with Crippen LogP contribution in [0.15, 0.2) is 36.5 Å². The normalized spacial score (nSPS) is 9.78. The zero-order chi connectivity index (χ0) is 13.0. The van der Waals surface area contributed by atoms with Crippen molar-refractivity contribution in [3.63, 3.8) is 0 Å². The summed E-state index contributed by atoms with van der Waals surface area (Å²) in [4.78, 5) is 13.5. The van der Waals surface area contributed by atoms with Crippen LogP contribution in [0.3, 0.4) is 0 Å². The highest BCUT2D eigenvalue weighted by atomic mass is 16.2. The van der Waals surface area contributed by atoms with E-state index < -0.39 is 0 Å². The highest BCUT2D eigenvalue weighted by Crippen LogP contribution is 2.08. The number of amides is 1. The maximum atomic E-state index is 12.0. The van der Waals surface area contributed by atoms with Gasteiger partial charge in [0.05, 0.1) is 11.6 Å². The Hall–Kier alpha value is -2.61. The number of nitrogens with one attached hydrogen (secondary N) is 1. The van der Waals surface area contributed by atoms with Gasteiger partial charge in [-0.15, -0.1) is 0 Å². The van der Waals surface area contributed by atoms with E-state index in [0.29, 0.717) is 17.8 Å². The SMILES string of the molecule is CN(Cc1cccc(C#N)c1)C(=O)c1ccn[nH]1. The molecule has 1 aromatic carbocycles. The Balaban J connectivity index is 2.09. The molecule has 0 spiro atoms. The highest BCUT2D eigenvalue weighted by Gasteiger charge is 2.13. The number of hydrogen-bond acceptors (Lipinski definition) is 3. The summed E-state index contributed by atoms with van der Waals surface area (Å²) in [5.41, 5.74) is 1.97. The first kappa shape index (κ1) is 11.9. The molecule has 0 radical (unpaired) electrons. The molecule has 90 valence electrons. The van der Waals surface area contributed by atoms with Crippen molar-refractivity contribution >= 4 is 5.91 Å². The van der Waals surface area contributed by atoms with Crippen molar-refractivity contribution < 1.29 is 4.79 Å². The molecule has 0 bridgehead atoms. The summed E-state index contributed by atoms with van der Waals surface area (Å²) in [7, 11) is 1.71. The Morgan fingerprint density at radius 2 is 2.33 bits per heavy atom. The van der Waals surface area contributed by atoms with E-state index in [1.165, 1.54) is 6.20 Å². The molecule has 1 aromatic heterocycles. The lowest BCUT2D eigenvalue weighted by atomic mass is 10.1. The first-order valence-corrected chi connectivity index (χ1v) is 5.44. The largest absolute Gasteiger partial charge is 0.336 e. The van der Waals surface area contributed by atoms with Crippen LogP contribution in [0.2, 0.25) is 0 Å². The molecule has 1 amide bonds. The number of aromatic amines is 1. The van der Waals surface area contributed by atoms with Crippen molar-refractivity contribution in [2.75, 3.05) is 7.05 Å². The number of benzene rings is 1. The molecular weight excluding hydrogens is 228 g/mol. The van der Waals surface area contributed by atoms with Crippen LogP contribution in [0.5, 0.6) is 0 Å². The molecule has 0 aliphatic heterocycles. The van der Waals surface area contributed by atoms with E-state index in [-0.39, 0.29) is 5.91 Å². The second-order valence-corrected chi connectivity index (χ2v) is 3.94. The van der Waals surface area contributed by atoms with Gasteiger partial charge >= 0.3 is 0 Å². The Morgan fingerprint density at radius 1 is 1.50 bits per heavy atom. The van der Waals surface area contributed by atoms with Gasteiger partial charge in [-0.3, -0.25) is 9.89 Å². The monoisotopic (exact) mass is 240 g/mol. The van der Waals surface area contributed by atoms with Crippen molar-refractivity contribution in [3.05, 3.63) is 53.3 Å². The third kappa shape index (κ3) is 2.55. The topological polar surface area (TPSA) is 72.8 Å². The minimum atomic E-state index is -0.130. The van der Waals surface area contributed by atoms with Crippen molar-refractivity contribution in [3.8, 4) is 6.07 Å². The number of aromatic nitrogens is 2. The van der Waals surface area contributed by atoms with Gasteiger partial charge in [-0.2, -0.15) is 10.4 Å². The van der Waals surface area contributed by atoms with Crippen LogP contribution in [-0.4, -0.2) is 28.1 Å². The number of hydrogen-bond donors (Lipinski definition) is 1. The number of nitrogens with zero attached hydrogens (tertiary/aromatic N) is 3. The lowest BCUT2D eigenvalue weighted by Crippen LogP contribution is -2.26. The molecule has 5 heteroatoms. The predicted octanol–water partition coefficient (Wildman–Crippen LogP) is 1.55. The molecule has 18 heavy (non-hydrogen) atoms. The van der Waals surface area contributed by atoms with E-state index in [1.54, 1.807) is 30.1 Å². The van der Waals surface area contributed by atoms with E-state index in [4.69, 9.17) is 5.26 Å². The first-order chi connectivity index (χ1) is 8.70. The number of carbonyl (C=O) groups is 1. The second-order valence-electron chi connectivity index (χ2n) is 3.94. The molecule has 2 aromatic rings. The van der Waals surface area contributed by atoms with Gasteiger partial charge in [0.2, 0.25) is 0 Å². The summed E-state index contributed by atoms with van der Waals surface area (Å²) in [6.45, 7) is 0.452. The maximum Gasteiger partial charge on any atom is 0.271 e. The van der Waals surface area contributed by atoms with Gasteiger partial charge in [-0.1, -0.05) is 12.1 Å². The number of H-pyrrole nitrogens is 1. The van der Waals surface area contributed by atoms with Gasteiger partial charge < -0.3 is 4.90 Å². The van der Waals surface area contributed by atoms with E-state index in [2.05, 4.69) is 16.3 Å². The molecule has 0 unspecified atom stereocenters. The summed E-state index contributed by atoms with van der Waals surface area (Å²) < 4.78 is 0. The van der Waals surface area contributed by atoms with Crippen LogP contribution in [0.25, 0.3) is 0 Å². The third-order valence-electron chi connectivity index (χ3n) is 2.55. The smallest absolute Gasteiger partial charge is 0.271 e. The lowest BCUT2D eigenvalue weighted by Gasteiger charge is -2.16. The van der Waals surface area contributed by atoms with Gasteiger partial charge in [0.1, 0.15) is 5.69 Å². The first-order valence-electron chi connectivity index (χ1n) is 5.44. The number of nitriles is 1. The van der Waals surface area contributed by atoms with E-state index in [0.717, 1.165) is 5.56 Å². The van der Waals surface area contributed by atoms with Crippen LogP contribution < -0.4 is 0 Å². The minimum Gasteiger partial charge on any atom is -0.336 e. The predicted molar refractivity (Wildman–Crippen MR) is 65.5 cm³/mol. The molecule has 0 fully saturated rings. The average molecular weight is 240 g/mol. The summed E-state index contributed by atoms with van der Waals surface area (Å²) >= 11 is 0. The second kappa shape index (κ2) is 5.15. The molecule has 0 aliphatic rings. The van der Waals surface area contributed by atoms with Crippen molar-refractivity contribution in [1.82, 2.24) is 15.1 Å². The molecule has 1 heterocycles. The molecule has 1 N–H and O–H groups in total. The molecule has 0 saturated heterocycles. The molecule has 0 aliphatic carbocycles. The Bertz CT molecular complexity index is 583. The van der Waals surface area contributed by atoms with Gasteiger partial charge in [0, 0.05) is 19.8 Å². The molecule has 0 atom stereocenters. The highest BCUT2D eigenvalue weighted by molar-refractivity contribution is 5.91. The van der Waals surface area contributed by atoms with Gasteiger partial charge in [-0.25, -0.2) is 0 Å². The fourth-order valence-corrected chi connectivity index (χ4v) is 1.67. The minimum absolute atomic E-state index is 0.130. The lowest BCUT2D eigenvalue weighted by molar-refractivity contribution is 0.0779. The van der Waals surface area contributed by atoms with Crippen LogP contribution >= 0.6 is 0 Å². The number of carbonyl (C=O) groups excluding carboxylic acids is 1. The van der Waals surface area contributed by atoms with Gasteiger partial charge in [0.25, 0.3) is 5.91 Å². The van der Waals surface area contributed by atoms with E-state index in [9.17, 15) is 4.79 Å². The van der Waals surface area contributed by atoms with E-state index >= 15 is 0 Å². The van der Waals surface area contributed by atoms with Gasteiger partial charge in [-0.05, 0) is 23.8 Å². The van der Waals surface area contributed by atoms with Crippen molar-refractivity contribution in [2.24, 2.45) is 0 Å².